The fourth-order valence-corrected chi connectivity index (χ4v) is 2.70. The van der Waals surface area contributed by atoms with Gasteiger partial charge in [0.2, 0.25) is 5.82 Å². The Hall–Kier alpha value is -1.57. The molecule has 0 spiro atoms. The van der Waals surface area contributed by atoms with Crippen molar-refractivity contribution in [3.63, 3.8) is 0 Å². The van der Waals surface area contributed by atoms with Crippen LogP contribution in [0.1, 0.15) is 38.9 Å². The molecule has 0 bridgehead atoms. The second-order valence-electron chi connectivity index (χ2n) is 5.62. The molecule has 8 heteroatoms. The molecule has 4 N–H and O–H groups in total. The van der Waals surface area contributed by atoms with Crippen LogP contribution in [0.15, 0.2) is 6.07 Å². The van der Waals surface area contributed by atoms with Crippen molar-refractivity contribution >= 4 is 11.6 Å². The van der Waals surface area contributed by atoms with Crippen LogP contribution in [0.5, 0.6) is 0 Å². The van der Waals surface area contributed by atoms with Gasteiger partial charge in [-0.25, -0.2) is 15.8 Å². The maximum atomic E-state index is 12.8. The van der Waals surface area contributed by atoms with Gasteiger partial charge in [-0.3, -0.25) is 0 Å². The first-order valence-electron chi connectivity index (χ1n) is 7.00. The van der Waals surface area contributed by atoms with Crippen LogP contribution in [0.2, 0.25) is 0 Å². The van der Waals surface area contributed by atoms with Crippen LogP contribution >= 0.6 is 0 Å². The van der Waals surface area contributed by atoms with Crippen molar-refractivity contribution < 1.29 is 13.2 Å². The third kappa shape index (κ3) is 3.75. The molecule has 21 heavy (non-hydrogen) atoms. The first kappa shape index (κ1) is 15.8. The van der Waals surface area contributed by atoms with E-state index in [0.717, 1.165) is 19.3 Å². The molecule has 1 heterocycles. The van der Waals surface area contributed by atoms with Gasteiger partial charge in [-0.05, 0) is 18.3 Å². The quantitative estimate of drug-likeness (QED) is 0.591. The predicted octanol–water partition coefficient (Wildman–Crippen LogP) is 3.02. The molecule has 0 amide bonds. The molecule has 0 radical (unpaired) electrons. The normalized spacial score (nSPS) is 26.5. The summed E-state index contributed by atoms with van der Waals surface area (Å²) >= 11 is 0. The summed E-state index contributed by atoms with van der Waals surface area (Å²) in [4.78, 5) is 6.90. The van der Waals surface area contributed by atoms with Crippen molar-refractivity contribution in [1.82, 2.24) is 9.97 Å². The molecule has 2 rings (SSSR count). The summed E-state index contributed by atoms with van der Waals surface area (Å²) in [5.74, 6) is 4.98. The van der Waals surface area contributed by atoms with E-state index < -0.39 is 12.0 Å². The highest BCUT2D eigenvalue weighted by atomic mass is 19.4. The molecule has 118 valence electrons. The monoisotopic (exact) mass is 303 g/mol. The predicted molar refractivity (Wildman–Crippen MR) is 74.4 cm³/mol. The lowest BCUT2D eigenvalue weighted by molar-refractivity contribution is -0.144. The Balaban J connectivity index is 2.23. The molecule has 1 saturated carbocycles. The summed E-state index contributed by atoms with van der Waals surface area (Å²) in [6, 6.07) is 1.50. The second-order valence-corrected chi connectivity index (χ2v) is 5.62. The maximum absolute atomic E-state index is 12.8. The van der Waals surface area contributed by atoms with Gasteiger partial charge in [0.25, 0.3) is 0 Å². The summed E-state index contributed by atoms with van der Waals surface area (Å²) in [6.07, 6.45) is -1.48. The van der Waals surface area contributed by atoms with Crippen LogP contribution in [0.4, 0.5) is 24.8 Å². The average molecular weight is 303 g/mol. The third-order valence-electron chi connectivity index (χ3n) is 4.17. The summed E-state index contributed by atoms with van der Waals surface area (Å²) in [5.41, 5.74) is 2.15. The molecule has 3 unspecified atom stereocenters. The van der Waals surface area contributed by atoms with Gasteiger partial charge in [0.1, 0.15) is 11.6 Å². The van der Waals surface area contributed by atoms with E-state index in [0.29, 0.717) is 11.8 Å². The van der Waals surface area contributed by atoms with Gasteiger partial charge >= 0.3 is 6.18 Å². The Bertz CT molecular complexity index is 491. The number of nitrogens with one attached hydrogen (secondary N) is 2. The van der Waals surface area contributed by atoms with Gasteiger partial charge in [0.05, 0.1) is 0 Å². The number of hydrazine groups is 1. The highest BCUT2D eigenvalue weighted by Gasteiger charge is 2.36. The average Bonchev–Trinajstić information content (AvgIpc) is 2.42. The minimum atomic E-state index is -4.60. The molecule has 0 aromatic carbocycles. The number of hydrogen-bond acceptors (Lipinski definition) is 5. The van der Waals surface area contributed by atoms with Gasteiger partial charge in [0, 0.05) is 12.1 Å². The van der Waals surface area contributed by atoms with Crippen LogP contribution in [0, 0.1) is 11.8 Å². The highest BCUT2D eigenvalue weighted by molar-refractivity contribution is 5.47. The summed E-state index contributed by atoms with van der Waals surface area (Å²) in [5, 5.41) is 3.10. The van der Waals surface area contributed by atoms with E-state index >= 15 is 0 Å². The smallest absolute Gasteiger partial charge is 0.367 e. The Morgan fingerprint density at radius 1 is 1.19 bits per heavy atom. The van der Waals surface area contributed by atoms with Gasteiger partial charge in [0.15, 0.2) is 0 Å². The van der Waals surface area contributed by atoms with E-state index in [1.54, 1.807) is 0 Å². The minimum absolute atomic E-state index is 0.0589. The third-order valence-corrected chi connectivity index (χ3v) is 4.17. The van der Waals surface area contributed by atoms with Gasteiger partial charge in [-0.1, -0.05) is 26.7 Å². The largest absolute Gasteiger partial charge is 0.451 e. The summed E-state index contributed by atoms with van der Waals surface area (Å²) in [7, 11) is 0. The topological polar surface area (TPSA) is 75.9 Å². The first-order valence-corrected chi connectivity index (χ1v) is 7.00. The van der Waals surface area contributed by atoms with Crippen molar-refractivity contribution in [2.75, 3.05) is 10.7 Å². The van der Waals surface area contributed by atoms with E-state index in [-0.39, 0.29) is 17.7 Å². The minimum Gasteiger partial charge on any atom is -0.367 e. The van der Waals surface area contributed by atoms with Crippen LogP contribution in [0.25, 0.3) is 0 Å². The van der Waals surface area contributed by atoms with Gasteiger partial charge in [-0.15, -0.1) is 0 Å². The molecule has 3 atom stereocenters. The molecule has 1 aromatic heterocycles. The molecule has 1 fully saturated rings. The molecule has 0 aliphatic heterocycles. The number of rotatable bonds is 3. The highest BCUT2D eigenvalue weighted by Crippen LogP contribution is 2.33. The van der Waals surface area contributed by atoms with Crippen molar-refractivity contribution in [3.05, 3.63) is 11.9 Å². The number of alkyl halides is 3. The van der Waals surface area contributed by atoms with Gasteiger partial charge in [-0.2, -0.15) is 13.2 Å². The van der Waals surface area contributed by atoms with E-state index in [2.05, 4.69) is 34.6 Å². The molecular formula is C13H20F3N5. The standard InChI is InChI=1S/C13H20F3N5/c1-7-4-3-5-9(8(7)2)18-10-6-11(21-17)20-12(19-10)13(14,15)16/h6-9H,3-5,17H2,1-2H3,(H2,18,19,20,21). The molecule has 1 aromatic rings. The molecule has 1 aliphatic rings. The Morgan fingerprint density at radius 2 is 1.86 bits per heavy atom. The van der Waals surface area contributed by atoms with Gasteiger partial charge < -0.3 is 10.7 Å². The van der Waals surface area contributed by atoms with Crippen molar-refractivity contribution in [2.45, 2.75) is 45.3 Å². The Labute approximate surface area is 121 Å². The second kappa shape index (κ2) is 6.05. The lowest BCUT2D eigenvalue weighted by Crippen LogP contribution is -2.35. The molecular weight excluding hydrogens is 283 g/mol. The van der Waals surface area contributed by atoms with Crippen LogP contribution in [0.3, 0.4) is 0 Å². The van der Waals surface area contributed by atoms with E-state index in [4.69, 9.17) is 5.84 Å². The Kier molecular flexibility index (Phi) is 4.55. The van der Waals surface area contributed by atoms with Crippen molar-refractivity contribution in [2.24, 2.45) is 17.7 Å². The number of nitrogens with two attached hydrogens (primary N) is 1. The van der Waals surface area contributed by atoms with Crippen molar-refractivity contribution in [3.8, 4) is 0 Å². The lowest BCUT2D eigenvalue weighted by Gasteiger charge is -2.35. The number of aromatic nitrogens is 2. The van der Waals surface area contributed by atoms with E-state index in [1.807, 2.05) is 0 Å². The van der Waals surface area contributed by atoms with Crippen molar-refractivity contribution in [1.29, 1.82) is 0 Å². The van der Waals surface area contributed by atoms with Crippen LogP contribution < -0.4 is 16.6 Å². The number of nitrogens with zero attached hydrogens (tertiary/aromatic N) is 2. The Morgan fingerprint density at radius 3 is 2.48 bits per heavy atom. The van der Waals surface area contributed by atoms with Crippen LogP contribution in [-0.4, -0.2) is 16.0 Å². The van der Waals surface area contributed by atoms with E-state index in [9.17, 15) is 13.2 Å². The molecule has 5 nitrogen and oxygen atoms in total. The maximum Gasteiger partial charge on any atom is 0.451 e. The van der Waals surface area contributed by atoms with E-state index in [1.165, 1.54) is 6.07 Å². The lowest BCUT2D eigenvalue weighted by atomic mass is 9.78. The molecule has 0 saturated heterocycles. The molecule has 1 aliphatic carbocycles. The fraction of sp³-hybridized carbons (Fsp3) is 0.692. The number of nitrogen functional groups attached to an aromatic ring is 1. The zero-order chi connectivity index (χ0) is 15.6. The zero-order valence-electron chi connectivity index (χ0n) is 12.0. The van der Waals surface area contributed by atoms with Crippen LogP contribution in [-0.2, 0) is 6.18 Å². The summed E-state index contributed by atoms with van der Waals surface area (Å²) in [6.45, 7) is 4.27. The first-order chi connectivity index (χ1) is 9.81. The number of anilines is 2. The number of hydrogen-bond donors (Lipinski definition) is 3. The fourth-order valence-electron chi connectivity index (χ4n) is 2.70. The summed E-state index contributed by atoms with van der Waals surface area (Å²) < 4.78 is 38.3. The SMILES string of the molecule is CC1CCCC(Nc2cc(NN)nc(C(F)(F)F)n2)C1C. The zero-order valence-corrected chi connectivity index (χ0v) is 12.0. The number of halogens is 3.